The van der Waals surface area contributed by atoms with Crippen LogP contribution in [-0.4, -0.2) is 30.6 Å². The number of rotatable bonds is 3. The van der Waals surface area contributed by atoms with Gasteiger partial charge in [0.2, 0.25) is 5.78 Å². The quantitative estimate of drug-likeness (QED) is 0.674. The highest BCUT2D eigenvalue weighted by Crippen LogP contribution is 2.05. The Hall–Kier alpha value is -1.98. The molecule has 0 aliphatic heterocycles. The molecule has 0 aliphatic carbocycles. The third-order valence-electron chi connectivity index (χ3n) is 2.05. The van der Waals surface area contributed by atoms with Gasteiger partial charge >= 0.3 is 0 Å². The Morgan fingerprint density at radius 3 is 2.80 bits per heavy atom. The van der Waals surface area contributed by atoms with Crippen LogP contribution in [0.25, 0.3) is 0 Å². The second-order valence-corrected chi connectivity index (χ2v) is 3.19. The van der Waals surface area contributed by atoms with E-state index in [1.54, 1.807) is 30.3 Å². The summed E-state index contributed by atoms with van der Waals surface area (Å²) < 4.78 is 3.20. The molecule has 2 rings (SSSR count). The van der Waals surface area contributed by atoms with E-state index in [9.17, 15) is 4.79 Å². The third kappa shape index (κ3) is 1.78. The van der Waals surface area contributed by atoms with E-state index in [1.807, 2.05) is 6.92 Å². The third-order valence-corrected chi connectivity index (χ3v) is 2.05. The minimum Gasteiger partial charge on any atom is -0.287 e. The fourth-order valence-electron chi connectivity index (χ4n) is 1.25. The molecule has 2 aromatic rings. The van der Waals surface area contributed by atoms with Crippen LogP contribution in [0.2, 0.25) is 0 Å². The number of nitrogens with zero attached hydrogens (tertiary/aromatic N) is 5. The van der Waals surface area contributed by atoms with Gasteiger partial charge in [-0.25, -0.2) is 0 Å². The largest absolute Gasteiger partial charge is 0.287 e. The van der Waals surface area contributed by atoms with Gasteiger partial charge in [0.05, 0.1) is 18.0 Å². The van der Waals surface area contributed by atoms with Crippen LogP contribution in [0.3, 0.4) is 0 Å². The highest BCUT2D eigenvalue weighted by Gasteiger charge is 2.14. The lowest BCUT2D eigenvalue weighted by Crippen LogP contribution is -2.00. The maximum Gasteiger partial charge on any atom is 0.218 e. The zero-order valence-electron chi connectivity index (χ0n) is 8.58. The minimum atomic E-state index is -0.150. The standard InChI is InChI=1S/C9H11N5O/c1-3-14-5-7(4-10-14)9(15)8-6-13(2)12-11-8/h4-6H,3H2,1-2H3. The molecule has 0 amide bonds. The maximum atomic E-state index is 11.8. The van der Waals surface area contributed by atoms with Crippen molar-refractivity contribution in [3.8, 4) is 0 Å². The summed E-state index contributed by atoms with van der Waals surface area (Å²) >= 11 is 0. The van der Waals surface area contributed by atoms with Crippen molar-refractivity contribution in [1.82, 2.24) is 24.8 Å². The van der Waals surface area contributed by atoms with Gasteiger partial charge in [-0.15, -0.1) is 5.10 Å². The Kier molecular flexibility index (Phi) is 2.32. The zero-order chi connectivity index (χ0) is 10.8. The minimum absolute atomic E-state index is 0.150. The van der Waals surface area contributed by atoms with Gasteiger partial charge in [0, 0.05) is 19.8 Å². The number of hydrogen-bond donors (Lipinski definition) is 0. The molecule has 0 N–H and O–H groups in total. The molecule has 6 nitrogen and oxygen atoms in total. The molecule has 0 saturated carbocycles. The van der Waals surface area contributed by atoms with E-state index in [0.717, 1.165) is 6.54 Å². The van der Waals surface area contributed by atoms with Crippen LogP contribution in [-0.2, 0) is 13.6 Å². The molecule has 0 aromatic carbocycles. The molecule has 15 heavy (non-hydrogen) atoms. The van der Waals surface area contributed by atoms with Crippen molar-refractivity contribution in [3.05, 3.63) is 29.8 Å². The first kappa shape index (κ1) is 9.57. The highest BCUT2D eigenvalue weighted by molar-refractivity contribution is 6.07. The first-order valence-corrected chi connectivity index (χ1v) is 4.64. The Balaban J connectivity index is 2.28. The summed E-state index contributed by atoms with van der Waals surface area (Å²) in [5.41, 5.74) is 0.880. The first-order valence-electron chi connectivity index (χ1n) is 4.64. The molecule has 0 radical (unpaired) electrons. The van der Waals surface area contributed by atoms with Gasteiger partial charge in [-0.1, -0.05) is 5.21 Å². The zero-order valence-corrected chi connectivity index (χ0v) is 8.58. The molecule has 0 bridgehead atoms. The number of carbonyl (C=O) groups is 1. The van der Waals surface area contributed by atoms with Crippen LogP contribution in [0.4, 0.5) is 0 Å². The van der Waals surface area contributed by atoms with Gasteiger partial charge in [-0.05, 0) is 6.92 Å². The predicted molar refractivity (Wildman–Crippen MR) is 52.3 cm³/mol. The van der Waals surface area contributed by atoms with Crippen molar-refractivity contribution in [1.29, 1.82) is 0 Å². The van der Waals surface area contributed by atoms with Gasteiger partial charge in [0.25, 0.3) is 0 Å². The molecule has 0 fully saturated rings. The van der Waals surface area contributed by atoms with E-state index in [2.05, 4.69) is 15.4 Å². The molecule has 0 spiro atoms. The summed E-state index contributed by atoms with van der Waals surface area (Å²) in [6.07, 6.45) is 4.84. The van der Waals surface area contributed by atoms with Gasteiger partial charge in [0.15, 0.2) is 5.69 Å². The summed E-state index contributed by atoms with van der Waals surface area (Å²) in [6.45, 7) is 2.71. The Bertz CT molecular complexity index is 484. The highest BCUT2D eigenvalue weighted by atomic mass is 16.1. The Morgan fingerprint density at radius 1 is 1.47 bits per heavy atom. The fourth-order valence-corrected chi connectivity index (χ4v) is 1.25. The number of hydrogen-bond acceptors (Lipinski definition) is 4. The molecule has 0 aliphatic rings. The SMILES string of the molecule is CCn1cc(C(=O)c2cn(C)nn2)cn1. The lowest BCUT2D eigenvalue weighted by atomic mass is 10.2. The topological polar surface area (TPSA) is 65.6 Å². The first-order chi connectivity index (χ1) is 7.20. The number of aromatic nitrogens is 5. The van der Waals surface area contributed by atoms with Crippen LogP contribution in [0.5, 0.6) is 0 Å². The van der Waals surface area contributed by atoms with Crippen LogP contribution < -0.4 is 0 Å². The van der Waals surface area contributed by atoms with Crippen molar-refractivity contribution in [2.75, 3.05) is 0 Å². The van der Waals surface area contributed by atoms with Crippen molar-refractivity contribution >= 4 is 5.78 Å². The van der Waals surface area contributed by atoms with Crippen LogP contribution in [0.15, 0.2) is 18.6 Å². The van der Waals surface area contributed by atoms with E-state index in [-0.39, 0.29) is 5.78 Å². The van der Waals surface area contributed by atoms with Crippen LogP contribution in [0.1, 0.15) is 23.0 Å². The van der Waals surface area contributed by atoms with Crippen molar-refractivity contribution < 1.29 is 4.79 Å². The van der Waals surface area contributed by atoms with E-state index < -0.39 is 0 Å². The molecule has 78 valence electrons. The summed E-state index contributed by atoms with van der Waals surface area (Å²) in [4.78, 5) is 11.8. The second kappa shape index (κ2) is 3.64. The number of ketones is 1. The molecule has 2 aromatic heterocycles. The molecule has 0 saturated heterocycles. The van der Waals surface area contributed by atoms with Crippen LogP contribution in [0, 0.1) is 0 Å². The van der Waals surface area contributed by atoms with Gasteiger partial charge < -0.3 is 0 Å². The monoisotopic (exact) mass is 205 g/mol. The van der Waals surface area contributed by atoms with Gasteiger partial charge in [-0.2, -0.15) is 5.10 Å². The Morgan fingerprint density at radius 2 is 2.27 bits per heavy atom. The van der Waals surface area contributed by atoms with Crippen molar-refractivity contribution in [2.24, 2.45) is 7.05 Å². The summed E-state index contributed by atoms with van der Waals surface area (Å²) in [7, 11) is 1.72. The van der Waals surface area contributed by atoms with Gasteiger partial charge in [-0.3, -0.25) is 14.2 Å². The van der Waals surface area contributed by atoms with E-state index >= 15 is 0 Å². The van der Waals surface area contributed by atoms with E-state index in [1.165, 1.54) is 4.68 Å². The van der Waals surface area contributed by atoms with Crippen molar-refractivity contribution in [3.63, 3.8) is 0 Å². The second-order valence-electron chi connectivity index (χ2n) is 3.19. The van der Waals surface area contributed by atoms with Crippen molar-refractivity contribution in [2.45, 2.75) is 13.5 Å². The maximum absolute atomic E-state index is 11.8. The summed E-state index contributed by atoms with van der Waals surface area (Å²) in [6, 6.07) is 0. The summed E-state index contributed by atoms with van der Waals surface area (Å²) in [5, 5.41) is 11.5. The molecule has 0 atom stereocenters. The fraction of sp³-hybridized carbons (Fsp3) is 0.333. The van der Waals surface area contributed by atoms with E-state index in [4.69, 9.17) is 0 Å². The average Bonchev–Trinajstić information content (AvgIpc) is 2.84. The molecule has 2 heterocycles. The molecular formula is C9H11N5O. The number of carbonyl (C=O) groups excluding carboxylic acids is 1. The average molecular weight is 205 g/mol. The van der Waals surface area contributed by atoms with Crippen LogP contribution >= 0.6 is 0 Å². The lowest BCUT2D eigenvalue weighted by Gasteiger charge is -1.91. The Labute approximate surface area is 86.5 Å². The molecular weight excluding hydrogens is 194 g/mol. The number of aryl methyl sites for hydroxylation is 2. The smallest absolute Gasteiger partial charge is 0.218 e. The molecule has 0 unspecified atom stereocenters. The molecule has 6 heteroatoms. The predicted octanol–water partition coefficient (Wildman–Crippen LogP) is 0.262. The summed E-state index contributed by atoms with van der Waals surface area (Å²) in [5.74, 6) is -0.150. The van der Waals surface area contributed by atoms with Gasteiger partial charge in [0.1, 0.15) is 0 Å². The van der Waals surface area contributed by atoms with E-state index in [0.29, 0.717) is 11.3 Å². The normalized spacial score (nSPS) is 10.5. The lowest BCUT2D eigenvalue weighted by molar-refractivity contribution is 0.103.